The first-order chi connectivity index (χ1) is 11.2. The number of piperidine rings is 1. The maximum atomic E-state index is 5.31. The minimum absolute atomic E-state index is 0.423. The van der Waals surface area contributed by atoms with E-state index in [2.05, 4.69) is 38.6 Å². The second-order valence-electron chi connectivity index (χ2n) is 6.13. The molecule has 1 aliphatic rings. The Morgan fingerprint density at radius 3 is 2.96 bits per heavy atom. The molecule has 1 aromatic heterocycles. The van der Waals surface area contributed by atoms with E-state index in [1.165, 1.54) is 18.4 Å². The zero-order chi connectivity index (χ0) is 16.1. The van der Waals surface area contributed by atoms with Crippen LogP contribution >= 0.6 is 0 Å². The van der Waals surface area contributed by atoms with Crippen LogP contribution < -0.4 is 10.1 Å². The van der Waals surface area contributed by atoms with Gasteiger partial charge in [0, 0.05) is 19.1 Å². The van der Waals surface area contributed by atoms with E-state index < -0.39 is 0 Å². The van der Waals surface area contributed by atoms with Gasteiger partial charge < -0.3 is 10.1 Å². The summed E-state index contributed by atoms with van der Waals surface area (Å²) in [6.07, 6.45) is 2.37. The van der Waals surface area contributed by atoms with Gasteiger partial charge >= 0.3 is 0 Å². The Morgan fingerprint density at radius 2 is 2.17 bits per heavy atom. The normalized spacial score (nSPS) is 18.6. The van der Waals surface area contributed by atoms with E-state index in [1.54, 1.807) is 7.11 Å². The second-order valence-corrected chi connectivity index (χ2v) is 6.13. The van der Waals surface area contributed by atoms with Gasteiger partial charge in [-0.2, -0.15) is 5.10 Å². The molecule has 0 aliphatic carbocycles. The second kappa shape index (κ2) is 7.42. The SMILES string of the molecule is COc1cccc(CN2CCCC(Nc3ccc(C)nn3)C2)c1. The van der Waals surface area contributed by atoms with E-state index in [0.717, 1.165) is 36.9 Å². The van der Waals surface area contributed by atoms with Crippen LogP contribution in [0.25, 0.3) is 0 Å². The summed E-state index contributed by atoms with van der Waals surface area (Å²) in [5.41, 5.74) is 2.24. The number of methoxy groups -OCH3 is 1. The number of hydrogen-bond acceptors (Lipinski definition) is 5. The van der Waals surface area contributed by atoms with E-state index in [9.17, 15) is 0 Å². The summed E-state index contributed by atoms with van der Waals surface area (Å²) in [4.78, 5) is 2.48. The summed E-state index contributed by atoms with van der Waals surface area (Å²) < 4.78 is 5.31. The van der Waals surface area contributed by atoms with Crippen molar-refractivity contribution >= 4 is 5.82 Å². The quantitative estimate of drug-likeness (QED) is 0.920. The smallest absolute Gasteiger partial charge is 0.148 e. The molecule has 2 heterocycles. The molecule has 1 unspecified atom stereocenters. The summed E-state index contributed by atoms with van der Waals surface area (Å²) in [5.74, 6) is 1.79. The van der Waals surface area contributed by atoms with Gasteiger partial charge in [-0.25, -0.2) is 0 Å². The molecule has 122 valence electrons. The van der Waals surface area contributed by atoms with Crippen molar-refractivity contribution in [2.45, 2.75) is 32.4 Å². The molecule has 23 heavy (non-hydrogen) atoms. The number of nitrogens with one attached hydrogen (secondary N) is 1. The number of nitrogens with zero attached hydrogens (tertiary/aromatic N) is 3. The van der Waals surface area contributed by atoms with Gasteiger partial charge in [-0.15, -0.1) is 5.10 Å². The van der Waals surface area contributed by atoms with Crippen LogP contribution in [0.2, 0.25) is 0 Å². The van der Waals surface area contributed by atoms with Crippen molar-refractivity contribution in [1.82, 2.24) is 15.1 Å². The minimum Gasteiger partial charge on any atom is -0.497 e. The van der Waals surface area contributed by atoms with Crippen LogP contribution in [0.15, 0.2) is 36.4 Å². The van der Waals surface area contributed by atoms with E-state index >= 15 is 0 Å². The highest BCUT2D eigenvalue weighted by Crippen LogP contribution is 2.19. The van der Waals surface area contributed by atoms with Crippen molar-refractivity contribution in [1.29, 1.82) is 0 Å². The lowest BCUT2D eigenvalue weighted by atomic mass is 10.0. The van der Waals surface area contributed by atoms with Gasteiger partial charge in [0.1, 0.15) is 11.6 Å². The minimum atomic E-state index is 0.423. The lowest BCUT2D eigenvalue weighted by Crippen LogP contribution is -2.41. The van der Waals surface area contributed by atoms with Crippen LogP contribution in [0, 0.1) is 6.92 Å². The Morgan fingerprint density at radius 1 is 1.26 bits per heavy atom. The molecule has 1 aliphatic heterocycles. The number of anilines is 1. The van der Waals surface area contributed by atoms with Gasteiger partial charge in [-0.05, 0) is 56.1 Å². The molecule has 3 rings (SSSR count). The van der Waals surface area contributed by atoms with Crippen molar-refractivity contribution in [2.75, 3.05) is 25.5 Å². The highest BCUT2D eigenvalue weighted by atomic mass is 16.5. The molecule has 0 bridgehead atoms. The summed E-state index contributed by atoms with van der Waals surface area (Å²) in [6, 6.07) is 12.7. The summed E-state index contributed by atoms with van der Waals surface area (Å²) in [5, 5.41) is 11.8. The summed E-state index contributed by atoms with van der Waals surface area (Å²) in [6.45, 7) is 5.06. The predicted octanol–water partition coefficient (Wildman–Crippen LogP) is 2.87. The number of likely N-dealkylation sites (tertiary alicyclic amines) is 1. The van der Waals surface area contributed by atoms with Crippen molar-refractivity contribution in [2.24, 2.45) is 0 Å². The number of aryl methyl sites for hydroxylation is 1. The Hall–Kier alpha value is -2.14. The molecule has 1 N–H and O–H groups in total. The molecule has 0 radical (unpaired) electrons. The number of benzene rings is 1. The van der Waals surface area contributed by atoms with Crippen LogP contribution in [0.4, 0.5) is 5.82 Å². The van der Waals surface area contributed by atoms with E-state index in [1.807, 2.05) is 25.1 Å². The fourth-order valence-corrected chi connectivity index (χ4v) is 3.03. The third-order valence-electron chi connectivity index (χ3n) is 4.20. The van der Waals surface area contributed by atoms with Gasteiger partial charge in [0.25, 0.3) is 0 Å². The predicted molar refractivity (Wildman–Crippen MR) is 91.7 cm³/mol. The van der Waals surface area contributed by atoms with Gasteiger partial charge in [0.15, 0.2) is 0 Å². The number of ether oxygens (including phenoxy) is 1. The fraction of sp³-hybridized carbons (Fsp3) is 0.444. The molecule has 1 saturated heterocycles. The molecule has 2 aromatic rings. The number of aromatic nitrogens is 2. The van der Waals surface area contributed by atoms with Crippen LogP contribution in [0.3, 0.4) is 0 Å². The Kier molecular flexibility index (Phi) is 5.08. The van der Waals surface area contributed by atoms with Crippen LogP contribution in [0.5, 0.6) is 5.75 Å². The highest BCUT2D eigenvalue weighted by Gasteiger charge is 2.20. The average molecular weight is 312 g/mol. The van der Waals surface area contributed by atoms with Crippen LogP contribution in [0.1, 0.15) is 24.1 Å². The zero-order valence-corrected chi connectivity index (χ0v) is 13.8. The largest absolute Gasteiger partial charge is 0.497 e. The number of rotatable bonds is 5. The maximum Gasteiger partial charge on any atom is 0.148 e. The van der Waals surface area contributed by atoms with E-state index in [-0.39, 0.29) is 0 Å². The topological polar surface area (TPSA) is 50.3 Å². The standard InChI is InChI=1S/C18H24N4O/c1-14-8-9-18(21-20-14)19-16-6-4-10-22(13-16)12-15-5-3-7-17(11-15)23-2/h3,5,7-9,11,16H,4,6,10,12-13H2,1-2H3,(H,19,21). The molecule has 0 spiro atoms. The lowest BCUT2D eigenvalue weighted by molar-refractivity contribution is 0.208. The van der Waals surface area contributed by atoms with Gasteiger partial charge in [0.05, 0.1) is 12.8 Å². The van der Waals surface area contributed by atoms with Crippen LogP contribution in [-0.4, -0.2) is 41.3 Å². The Bertz CT molecular complexity index is 629. The van der Waals surface area contributed by atoms with Crippen molar-refractivity contribution in [3.8, 4) is 5.75 Å². The Labute approximate surface area is 137 Å². The van der Waals surface area contributed by atoms with Crippen molar-refractivity contribution < 1.29 is 4.74 Å². The average Bonchev–Trinajstić information content (AvgIpc) is 2.57. The molecule has 0 amide bonds. The Balaban J connectivity index is 1.58. The van der Waals surface area contributed by atoms with E-state index in [4.69, 9.17) is 4.74 Å². The van der Waals surface area contributed by atoms with Gasteiger partial charge in [-0.3, -0.25) is 4.90 Å². The first-order valence-electron chi connectivity index (χ1n) is 8.15. The number of hydrogen-bond donors (Lipinski definition) is 1. The molecule has 0 saturated carbocycles. The third kappa shape index (κ3) is 4.42. The lowest BCUT2D eigenvalue weighted by Gasteiger charge is -2.33. The monoisotopic (exact) mass is 312 g/mol. The molecule has 5 heteroatoms. The maximum absolute atomic E-state index is 5.31. The van der Waals surface area contributed by atoms with Gasteiger partial charge in [0.2, 0.25) is 0 Å². The zero-order valence-electron chi connectivity index (χ0n) is 13.8. The molecule has 1 fully saturated rings. The fourth-order valence-electron chi connectivity index (χ4n) is 3.03. The third-order valence-corrected chi connectivity index (χ3v) is 4.20. The summed E-state index contributed by atoms with van der Waals surface area (Å²) >= 11 is 0. The molecule has 1 aromatic carbocycles. The van der Waals surface area contributed by atoms with E-state index in [0.29, 0.717) is 6.04 Å². The molecule has 5 nitrogen and oxygen atoms in total. The van der Waals surface area contributed by atoms with Crippen molar-refractivity contribution in [3.63, 3.8) is 0 Å². The highest BCUT2D eigenvalue weighted by molar-refractivity contribution is 5.34. The molecular formula is C18H24N4O. The molecule has 1 atom stereocenters. The first kappa shape index (κ1) is 15.7. The first-order valence-corrected chi connectivity index (χ1v) is 8.15. The van der Waals surface area contributed by atoms with Crippen molar-refractivity contribution in [3.05, 3.63) is 47.7 Å². The molecular weight excluding hydrogens is 288 g/mol. The summed E-state index contributed by atoms with van der Waals surface area (Å²) in [7, 11) is 1.71. The van der Waals surface area contributed by atoms with Gasteiger partial charge in [-0.1, -0.05) is 12.1 Å². The van der Waals surface area contributed by atoms with Crippen LogP contribution in [-0.2, 0) is 6.54 Å².